The minimum Gasteiger partial charge on any atom is -0.373 e. The molecule has 1 aromatic heterocycles. The summed E-state index contributed by atoms with van der Waals surface area (Å²) in [5.41, 5.74) is 2.65. The van der Waals surface area contributed by atoms with Crippen molar-refractivity contribution >= 4 is 17.7 Å². The number of rotatable bonds is 6. The number of urea groups is 1. The number of nitrogens with one attached hydrogen (secondary N) is 2. The number of nitrogens with zero attached hydrogens (tertiary/aromatic N) is 4. The maximum Gasteiger partial charge on any atom is 0.319 e. The van der Waals surface area contributed by atoms with Crippen LogP contribution in [-0.2, 0) is 17.8 Å². The topological polar surface area (TPSA) is 82.6 Å². The van der Waals surface area contributed by atoms with E-state index < -0.39 is 0 Å². The van der Waals surface area contributed by atoms with Crippen molar-refractivity contribution in [3.8, 4) is 0 Å². The lowest BCUT2D eigenvalue weighted by Gasteiger charge is -2.35. The third kappa shape index (κ3) is 6.13. The van der Waals surface area contributed by atoms with Gasteiger partial charge in [0.1, 0.15) is 0 Å². The van der Waals surface area contributed by atoms with Gasteiger partial charge in [-0.25, -0.2) is 14.8 Å². The third-order valence-corrected chi connectivity index (χ3v) is 4.69. The molecule has 1 aliphatic heterocycles. The van der Waals surface area contributed by atoms with Crippen molar-refractivity contribution in [2.45, 2.75) is 39.1 Å². The summed E-state index contributed by atoms with van der Waals surface area (Å²) in [4.78, 5) is 25.2. The van der Waals surface area contributed by atoms with Crippen molar-refractivity contribution in [3.63, 3.8) is 0 Å². The van der Waals surface area contributed by atoms with Crippen LogP contribution in [0.5, 0.6) is 0 Å². The van der Waals surface area contributed by atoms with E-state index >= 15 is 0 Å². The summed E-state index contributed by atoms with van der Waals surface area (Å²) < 4.78 is 5.81. The number of morpholine rings is 1. The predicted molar refractivity (Wildman–Crippen MR) is 114 cm³/mol. The average molecular weight is 399 g/mol. The van der Waals surface area contributed by atoms with E-state index in [1.807, 2.05) is 43.3 Å². The fourth-order valence-corrected chi connectivity index (χ4v) is 3.47. The lowest BCUT2D eigenvalue weighted by Crippen LogP contribution is -2.44. The Morgan fingerprint density at radius 1 is 1.21 bits per heavy atom. The van der Waals surface area contributed by atoms with Gasteiger partial charge >= 0.3 is 6.03 Å². The molecule has 2 amide bonds. The molecule has 1 fully saturated rings. The molecular weight excluding hydrogens is 368 g/mol. The smallest absolute Gasteiger partial charge is 0.319 e. The fourth-order valence-electron chi connectivity index (χ4n) is 3.47. The molecule has 8 nitrogen and oxygen atoms in total. The zero-order chi connectivity index (χ0) is 20.8. The highest BCUT2D eigenvalue weighted by atomic mass is 16.5. The molecule has 2 atom stereocenters. The first-order valence-electron chi connectivity index (χ1n) is 9.90. The van der Waals surface area contributed by atoms with Gasteiger partial charge in [-0.2, -0.15) is 0 Å². The van der Waals surface area contributed by atoms with Crippen LogP contribution in [0.1, 0.15) is 25.1 Å². The van der Waals surface area contributed by atoms with Crippen molar-refractivity contribution in [1.82, 2.24) is 20.2 Å². The summed E-state index contributed by atoms with van der Waals surface area (Å²) in [5, 5.41) is 5.83. The number of hydrogen-bond acceptors (Lipinski definition) is 6. The zero-order valence-electron chi connectivity index (χ0n) is 17.6. The predicted octanol–water partition coefficient (Wildman–Crippen LogP) is 2.47. The Morgan fingerprint density at radius 3 is 2.66 bits per heavy atom. The van der Waals surface area contributed by atoms with E-state index in [-0.39, 0.29) is 18.2 Å². The Morgan fingerprint density at radius 2 is 1.93 bits per heavy atom. The molecule has 2 aromatic rings. The number of carbonyl (C=O) groups excluding carboxylic acids is 1. The summed E-state index contributed by atoms with van der Waals surface area (Å²) in [6, 6.07) is 9.44. The van der Waals surface area contributed by atoms with Crippen LogP contribution in [0.15, 0.2) is 36.5 Å². The van der Waals surface area contributed by atoms with E-state index in [1.54, 1.807) is 12.3 Å². The first-order chi connectivity index (χ1) is 13.9. The quantitative estimate of drug-likeness (QED) is 0.778. The number of benzene rings is 1. The second-order valence-corrected chi connectivity index (χ2v) is 7.66. The summed E-state index contributed by atoms with van der Waals surface area (Å²) in [6.07, 6.45) is 2.11. The van der Waals surface area contributed by atoms with Gasteiger partial charge in [-0.1, -0.05) is 18.2 Å². The van der Waals surface area contributed by atoms with Gasteiger partial charge in [0.15, 0.2) is 0 Å². The van der Waals surface area contributed by atoms with Crippen LogP contribution in [-0.4, -0.2) is 60.3 Å². The Bertz CT molecular complexity index is 818. The van der Waals surface area contributed by atoms with Gasteiger partial charge in [0.2, 0.25) is 5.95 Å². The molecule has 0 saturated carbocycles. The highest BCUT2D eigenvalue weighted by molar-refractivity contribution is 5.90. The van der Waals surface area contributed by atoms with Gasteiger partial charge in [0.25, 0.3) is 0 Å². The van der Waals surface area contributed by atoms with Crippen molar-refractivity contribution < 1.29 is 9.53 Å². The van der Waals surface area contributed by atoms with Gasteiger partial charge in [0.05, 0.1) is 24.4 Å². The molecule has 2 N–H and O–H groups in total. The molecular formula is C21H30N6O2. The molecule has 156 valence electrons. The third-order valence-electron chi connectivity index (χ3n) is 4.69. The average Bonchev–Trinajstić information content (AvgIpc) is 2.67. The number of amides is 2. The van der Waals surface area contributed by atoms with Crippen LogP contribution < -0.4 is 15.5 Å². The Balaban J connectivity index is 1.58. The SMILES string of the molecule is C[C@@H]1CN(Cc2ccccc2NC(=O)NCc2ccnc(N(C)C)n2)C[C@@H](C)O1. The van der Waals surface area contributed by atoms with Crippen LogP contribution in [0.3, 0.4) is 0 Å². The molecule has 0 spiro atoms. The largest absolute Gasteiger partial charge is 0.373 e. The first-order valence-corrected chi connectivity index (χ1v) is 9.90. The maximum atomic E-state index is 12.4. The molecule has 0 aliphatic carbocycles. The standard InChI is InChI=1S/C21H30N6O2/c1-15-12-27(13-16(2)29-15)14-17-7-5-6-8-19(17)25-21(28)23-11-18-9-10-22-20(24-18)26(3)4/h5-10,15-16H,11-14H2,1-4H3,(H2,23,25,28)/t15-,16-/m1/s1. The van der Waals surface area contributed by atoms with Crippen molar-refractivity contribution in [2.24, 2.45) is 0 Å². The fraction of sp³-hybridized carbons (Fsp3) is 0.476. The molecule has 3 rings (SSSR count). The Kier molecular flexibility index (Phi) is 7.00. The molecule has 0 bridgehead atoms. The number of anilines is 2. The van der Waals surface area contributed by atoms with Gasteiger partial charge in [-0.3, -0.25) is 4.90 Å². The first kappa shape index (κ1) is 21.0. The number of aromatic nitrogens is 2. The molecule has 1 aliphatic rings. The van der Waals surface area contributed by atoms with Gasteiger partial charge in [-0.05, 0) is 31.5 Å². The zero-order valence-corrected chi connectivity index (χ0v) is 17.6. The number of carbonyl (C=O) groups is 1. The van der Waals surface area contributed by atoms with Crippen LogP contribution >= 0.6 is 0 Å². The van der Waals surface area contributed by atoms with Crippen LogP contribution in [0.2, 0.25) is 0 Å². The Hall–Kier alpha value is -2.71. The van der Waals surface area contributed by atoms with Crippen LogP contribution in [0.25, 0.3) is 0 Å². The van der Waals surface area contributed by atoms with Crippen molar-refractivity contribution in [2.75, 3.05) is 37.4 Å². The van der Waals surface area contributed by atoms with E-state index in [1.165, 1.54) is 0 Å². The molecule has 1 saturated heterocycles. The molecule has 0 radical (unpaired) electrons. The summed E-state index contributed by atoms with van der Waals surface area (Å²) in [6.45, 7) is 7.05. The molecule has 2 heterocycles. The van der Waals surface area contributed by atoms with Gasteiger partial charge < -0.3 is 20.3 Å². The van der Waals surface area contributed by atoms with E-state index in [0.29, 0.717) is 12.5 Å². The van der Waals surface area contributed by atoms with E-state index in [0.717, 1.165) is 36.6 Å². The van der Waals surface area contributed by atoms with E-state index in [4.69, 9.17) is 4.74 Å². The van der Waals surface area contributed by atoms with E-state index in [2.05, 4.69) is 39.3 Å². The van der Waals surface area contributed by atoms with Crippen molar-refractivity contribution in [3.05, 3.63) is 47.8 Å². The molecule has 0 unspecified atom stereocenters. The van der Waals surface area contributed by atoms with E-state index in [9.17, 15) is 4.79 Å². The number of ether oxygens (including phenoxy) is 1. The number of hydrogen-bond donors (Lipinski definition) is 2. The number of para-hydroxylation sites is 1. The van der Waals surface area contributed by atoms with Crippen molar-refractivity contribution in [1.29, 1.82) is 0 Å². The highest BCUT2D eigenvalue weighted by Crippen LogP contribution is 2.20. The molecule has 1 aromatic carbocycles. The maximum absolute atomic E-state index is 12.4. The monoisotopic (exact) mass is 398 g/mol. The van der Waals surface area contributed by atoms with Crippen LogP contribution in [0, 0.1) is 0 Å². The minimum absolute atomic E-state index is 0.210. The highest BCUT2D eigenvalue weighted by Gasteiger charge is 2.22. The second kappa shape index (κ2) is 9.67. The lowest BCUT2D eigenvalue weighted by atomic mass is 10.1. The normalized spacial score (nSPS) is 19.6. The lowest BCUT2D eigenvalue weighted by molar-refractivity contribution is -0.0704. The molecule has 29 heavy (non-hydrogen) atoms. The summed E-state index contributed by atoms with van der Waals surface area (Å²) in [7, 11) is 3.76. The minimum atomic E-state index is -0.258. The Labute approximate surface area is 172 Å². The van der Waals surface area contributed by atoms with Crippen LogP contribution in [0.4, 0.5) is 16.4 Å². The summed E-state index contributed by atoms with van der Waals surface area (Å²) in [5.74, 6) is 0.615. The van der Waals surface area contributed by atoms with Gasteiger partial charge in [-0.15, -0.1) is 0 Å². The summed E-state index contributed by atoms with van der Waals surface area (Å²) >= 11 is 0. The second-order valence-electron chi connectivity index (χ2n) is 7.66. The molecule has 8 heteroatoms. The van der Waals surface area contributed by atoms with Gasteiger partial charge in [0, 0.05) is 45.6 Å².